The first kappa shape index (κ1) is 42.9. The molecule has 47 heavy (non-hydrogen) atoms. The summed E-state index contributed by atoms with van der Waals surface area (Å²) in [7, 11) is 0. The van der Waals surface area contributed by atoms with Gasteiger partial charge in [0.2, 0.25) is 0 Å². The number of para-hydroxylation sites is 1. The summed E-state index contributed by atoms with van der Waals surface area (Å²) >= 11 is 4.64. The van der Waals surface area contributed by atoms with Crippen molar-refractivity contribution in [3.8, 4) is 12.8 Å². The van der Waals surface area contributed by atoms with E-state index in [1.807, 2.05) is 24.4 Å². The molecule has 0 fully saturated rings. The molecule has 0 aliphatic heterocycles. The molecule has 0 radical (unpaired) electrons. The van der Waals surface area contributed by atoms with E-state index in [9.17, 15) is 4.39 Å². The van der Waals surface area contributed by atoms with E-state index in [4.69, 9.17) is 10.7 Å². The lowest BCUT2D eigenvalue weighted by Gasteiger charge is -2.11. The van der Waals surface area contributed by atoms with Crippen molar-refractivity contribution in [3.05, 3.63) is 84.1 Å². The summed E-state index contributed by atoms with van der Waals surface area (Å²) in [4.78, 5) is 13.3. The highest BCUT2D eigenvalue weighted by Crippen LogP contribution is 2.30. The number of allylic oxidation sites excluding steroid dienone is 3. The van der Waals surface area contributed by atoms with Crippen LogP contribution in [0.15, 0.2) is 72.0 Å². The fourth-order valence-electron chi connectivity index (χ4n) is 4.50. The van der Waals surface area contributed by atoms with Crippen LogP contribution in [0.2, 0.25) is 0 Å². The summed E-state index contributed by atoms with van der Waals surface area (Å²) in [6, 6.07) is 8.12. The van der Waals surface area contributed by atoms with Crippen molar-refractivity contribution in [2.45, 2.75) is 92.9 Å². The van der Waals surface area contributed by atoms with E-state index in [2.05, 4.69) is 103 Å². The predicted octanol–water partition coefficient (Wildman–Crippen LogP) is 10.3. The van der Waals surface area contributed by atoms with E-state index in [1.165, 1.54) is 32.6 Å². The standard InChI is InChI=1S/C21H27N5.C14H25FN2.C2H2.CH3Cl/c1-5-6-9-15(3)21-25-18(19-20(22)23-12-13-26(19)21)16(4)24-17-11-8-7-10-14(17)2;1-6-7-8-16-12(3)9-11(2)10-17-14(5)13(4)15;2*1-2/h7-8,10-13,15,24H,4-6,9H2,1-3H3,(H2,22,23);10-11,16H,3,6-9H2,1-2,4-5H3;1-2H;1H3/b;14-13+,17-10?;;. The molecule has 0 aliphatic rings. The highest BCUT2D eigenvalue weighted by molar-refractivity contribution is 6.15. The van der Waals surface area contributed by atoms with Gasteiger partial charge in [-0.15, -0.1) is 24.4 Å². The number of alkyl halides is 1. The van der Waals surface area contributed by atoms with Crippen molar-refractivity contribution < 1.29 is 4.39 Å². The molecule has 9 heteroatoms. The molecule has 2 atom stereocenters. The minimum absolute atomic E-state index is 0.228. The van der Waals surface area contributed by atoms with Crippen LogP contribution in [0, 0.1) is 25.7 Å². The third-order valence-corrected chi connectivity index (χ3v) is 7.25. The van der Waals surface area contributed by atoms with Crippen LogP contribution in [-0.2, 0) is 0 Å². The van der Waals surface area contributed by atoms with Gasteiger partial charge in [0.15, 0.2) is 0 Å². The average Bonchev–Trinajstić information content (AvgIpc) is 3.47. The maximum absolute atomic E-state index is 12.7. The van der Waals surface area contributed by atoms with E-state index in [0.29, 0.717) is 17.4 Å². The number of benzene rings is 1. The molecule has 3 aromatic rings. The van der Waals surface area contributed by atoms with Gasteiger partial charge < -0.3 is 16.4 Å². The molecular weight excluding hydrogens is 609 g/mol. The minimum Gasteiger partial charge on any atom is -0.389 e. The number of unbranched alkanes of at least 4 members (excludes halogenated alkanes) is 2. The minimum atomic E-state index is -0.228. The second kappa shape index (κ2) is 24.1. The molecule has 7 nitrogen and oxygen atoms in total. The Morgan fingerprint density at radius 2 is 1.77 bits per heavy atom. The lowest BCUT2D eigenvalue weighted by atomic mass is 10.0. The van der Waals surface area contributed by atoms with Gasteiger partial charge in [0.25, 0.3) is 0 Å². The third-order valence-electron chi connectivity index (χ3n) is 7.25. The van der Waals surface area contributed by atoms with Crippen molar-refractivity contribution in [2.24, 2.45) is 10.9 Å². The van der Waals surface area contributed by atoms with Crippen molar-refractivity contribution in [2.75, 3.05) is 24.0 Å². The van der Waals surface area contributed by atoms with Crippen LogP contribution in [0.5, 0.6) is 0 Å². The Morgan fingerprint density at radius 1 is 1.13 bits per heavy atom. The summed E-state index contributed by atoms with van der Waals surface area (Å²) in [5, 5.41) is 6.67. The molecule has 0 saturated heterocycles. The quantitative estimate of drug-likeness (QED) is 0.0650. The van der Waals surface area contributed by atoms with Gasteiger partial charge in [0.05, 0.1) is 11.4 Å². The van der Waals surface area contributed by atoms with Gasteiger partial charge in [0, 0.05) is 48.8 Å². The molecular formula is C38H57ClFN7. The van der Waals surface area contributed by atoms with Crippen molar-refractivity contribution in [3.63, 3.8) is 0 Å². The van der Waals surface area contributed by atoms with E-state index in [1.54, 1.807) is 19.3 Å². The Hall–Kier alpha value is -4.09. The van der Waals surface area contributed by atoms with Crippen LogP contribution in [0.1, 0.15) is 103 Å². The summed E-state index contributed by atoms with van der Waals surface area (Å²) in [6.07, 6.45) is 21.5. The zero-order valence-electron chi connectivity index (χ0n) is 29.8. The molecule has 4 N–H and O–H groups in total. The molecule has 0 bridgehead atoms. The highest BCUT2D eigenvalue weighted by Gasteiger charge is 2.20. The monoisotopic (exact) mass is 665 g/mol. The number of aromatic nitrogens is 3. The number of imidazole rings is 1. The summed E-state index contributed by atoms with van der Waals surface area (Å²) in [5.41, 5.74) is 12.1. The molecule has 0 spiro atoms. The number of aliphatic imine (C=N–C) groups is 1. The zero-order chi connectivity index (χ0) is 35.9. The molecule has 1 aromatic carbocycles. The second-order valence-corrected chi connectivity index (χ2v) is 11.3. The smallest absolute Gasteiger partial charge is 0.150 e. The number of nitrogens with one attached hydrogen (secondary N) is 2. The number of nitrogens with two attached hydrogens (primary N) is 1. The fourth-order valence-corrected chi connectivity index (χ4v) is 4.50. The number of anilines is 2. The summed E-state index contributed by atoms with van der Waals surface area (Å²) < 4.78 is 14.8. The molecule has 0 saturated carbocycles. The van der Waals surface area contributed by atoms with Gasteiger partial charge in [-0.05, 0) is 57.6 Å². The van der Waals surface area contributed by atoms with Gasteiger partial charge in [-0.3, -0.25) is 9.39 Å². The SMILES string of the molecule is C#C.C=C(CC(C)C=N/C(C)=C(\C)F)NCCCC.C=C(Nc1ccccc1C)c1nc(C(C)CCCC)n2ccnc(N)c12.CCl. The number of hydrogen-bond acceptors (Lipinski definition) is 6. The highest BCUT2D eigenvalue weighted by atomic mass is 35.5. The summed E-state index contributed by atoms with van der Waals surface area (Å²) in [6.45, 7) is 22.9. The van der Waals surface area contributed by atoms with Crippen molar-refractivity contribution >= 4 is 40.5 Å². The van der Waals surface area contributed by atoms with Gasteiger partial charge in [-0.2, -0.15) is 0 Å². The maximum atomic E-state index is 12.7. The van der Waals surface area contributed by atoms with Gasteiger partial charge >= 0.3 is 0 Å². The number of nitrogens with zero attached hydrogens (tertiary/aromatic N) is 4. The second-order valence-electron chi connectivity index (χ2n) is 11.3. The fraction of sp³-hybridized carbons (Fsp3) is 0.447. The average molecular weight is 666 g/mol. The van der Waals surface area contributed by atoms with Gasteiger partial charge in [-0.1, -0.05) is 78.3 Å². The number of fused-ring (bicyclic) bond motifs is 1. The Labute approximate surface area is 288 Å². The number of aryl methyl sites for hydroxylation is 1. The number of terminal acetylenes is 1. The molecule has 3 rings (SSSR count). The molecule has 258 valence electrons. The Morgan fingerprint density at radius 3 is 2.36 bits per heavy atom. The van der Waals surface area contributed by atoms with E-state index in [-0.39, 0.29) is 11.7 Å². The molecule has 0 aliphatic carbocycles. The van der Waals surface area contributed by atoms with Crippen LogP contribution in [-0.4, -0.2) is 33.5 Å². The lowest BCUT2D eigenvalue weighted by molar-refractivity contribution is 0.593. The van der Waals surface area contributed by atoms with E-state index < -0.39 is 0 Å². The van der Waals surface area contributed by atoms with Crippen LogP contribution in [0.25, 0.3) is 11.2 Å². The van der Waals surface area contributed by atoms with Crippen LogP contribution in [0.3, 0.4) is 0 Å². The van der Waals surface area contributed by atoms with Crippen LogP contribution in [0.4, 0.5) is 15.9 Å². The number of rotatable bonds is 15. The maximum Gasteiger partial charge on any atom is 0.150 e. The molecule has 0 amide bonds. The number of hydrogen-bond donors (Lipinski definition) is 3. The van der Waals surface area contributed by atoms with Crippen molar-refractivity contribution in [1.82, 2.24) is 19.7 Å². The van der Waals surface area contributed by atoms with E-state index >= 15 is 0 Å². The normalized spacial score (nSPS) is 12.3. The van der Waals surface area contributed by atoms with Crippen molar-refractivity contribution in [1.29, 1.82) is 0 Å². The number of halogens is 2. The largest absolute Gasteiger partial charge is 0.389 e. The Balaban J connectivity index is 0.000000879. The molecule has 2 unspecified atom stereocenters. The number of nitrogen functional groups attached to an aromatic ring is 1. The topological polar surface area (TPSA) is 92.6 Å². The summed E-state index contributed by atoms with van der Waals surface area (Å²) in [5.74, 6) is 1.85. The van der Waals surface area contributed by atoms with Gasteiger partial charge in [0.1, 0.15) is 28.7 Å². The van der Waals surface area contributed by atoms with Gasteiger partial charge in [-0.25, -0.2) is 14.4 Å². The molecule has 2 heterocycles. The zero-order valence-corrected chi connectivity index (χ0v) is 30.6. The molecule has 2 aromatic heterocycles. The Bertz CT molecular complexity index is 1450. The Kier molecular flexibility index (Phi) is 22.0. The first-order valence-electron chi connectivity index (χ1n) is 16.1. The first-order valence-corrected chi connectivity index (χ1v) is 16.9. The first-order chi connectivity index (χ1) is 22.5. The predicted molar refractivity (Wildman–Crippen MR) is 205 cm³/mol. The third kappa shape index (κ3) is 14.9. The van der Waals surface area contributed by atoms with Crippen LogP contribution >= 0.6 is 11.6 Å². The van der Waals surface area contributed by atoms with Crippen LogP contribution < -0.4 is 16.4 Å². The van der Waals surface area contributed by atoms with E-state index in [0.717, 1.165) is 65.5 Å². The lowest BCUT2D eigenvalue weighted by Crippen LogP contribution is -2.16.